The van der Waals surface area contributed by atoms with Crippen molar-refractivity contribution >= 4 is 5.97 Å². The van der Waals surface area contributed by atoms with Gasteiger partial charge in [-0.1, -0.05) is 79.7 Å². The average Bonchev–Trinajstić information content (AvgIpc) is 2.91. The number of halogens is 3. The zero-order valence-electron chi connectivity index (χ0n) is 21.4. The molecule has 2 nitrogen and oxygen atoms in total. The lowest BCUT2D eigenvalue weighted by Gasteiger charge is -2.13. The molecule has 0 spiro atoms. The fourth-order valence-electron chi connectivity index (χ4n) is 4.38. The van der Waals surface area contributed by atoms with Gasteiger partial charge in [-0.15, -0.1) is 0 Å². The van der Waals surface area contributed by atoms with Gasteiger partial charge in [0.2, 0.25) is 0 Å². The number of allylic oxidation sites excluding steroid dienone is 2. The SMILES string of the molecule is CC=CCCc1c(F)cc(OC(=O)c2ccc(-c3ccc(C[C@H](C)c4ccccc4)cc3)cc2F)cc1F. The zero-order chi connectivity index (χ0) is 27.1. The fraction of sp³-hybridized carbons (Fsp3) is 0.182. The van der Waals surface area contributed by atoms with Crippen LogP contribution in [0.1, 0.15) is 53.2 Å². The molecule has 0 heterocycles. The highest BCUT2D eigenvalue weighted by Gasteiger charge is 2.18. The fourth-order valence-corrected chi connectivity index (χ4v) is 4.38. The van der Waals surface area contributed by atoms with E-state index in [4.69, 9.17) is 4.74 Å². The van der Waals surface area contributed by atoms with Crippen LogP contribution in [0.2, 0.25) is 0 Å². The lowest BCUT2D eigenvalue weighted by atomic mass is 9.93. The Morgan fingerprint density at radius 3 is 2.13 bits per heavy atom. The summed E-state index contributed by atoms with van der Waals surface area (Å²) in [7, 11) is 0. The standard InChI is InChI=1S/C33H29F3O2/c1-3-4-6-11-28-31(35)20-27(21-32(28)36)38-33(37)29-17-16-26(19-30(29)34)25-14-12-23(13-15-25)18-22(2)24-9-7-5-8-10-24/h3-5,7-10,12-17,19-22H,6,11,18H2,1-2H3/t22-/m0/s1. The first-order valence-electron chi connectivity index (χ1n) is 12.6. The molecule has 5 heteroatoms. The van der Waals surface area contributed by atoms with E-state index in [0.717, 1.165) is 29.7 Å². The minimum atomic E-state index is -1.03. The van der Waals surface area contributed by atoms with Crippen LogP contribution < -0.4 is 4.74 Å². The number of carbonyl (C=O) groups is 1. The largest absolute Gasteiger partial charge is 0.423 e. The first-order valence-corrected chi connectivity index (χ1v) is 12.6. The summed E-state index contributed by atoms with van der Waals surface area (Å²) >= 11 is 0. The van der Waals surface area contributed by atoms with Crippen molar-refractivity contribution < 1.29 is 22.7 Å². The predicted octanol–water partition coefficient (Wildman–Crippen LogP) is 8.85. The number of hydrogen-bond donors (Lipinski definition) is 0. The van der Waals surface area contributed by atoms with E-state index in [9.17, 15) is 18.0 Å². The Morgan fingerprint density at radius 2 is 1.50 bits per heavy atom. The molecule has 1 atom stereocenters. The van der Waals surface area contributed by atoms with E-state index in [1.54, 1.807) is 18.2 Å². The Bertz CT molecular complexity index is 1400. The Balaban J connectivity index is 1.43. The third kappa shape index (κ3) is 6.60. The maximum absolute atomic E-state index is 14.9. The zero-order valence-corrected chi connectivity index (χ0v) is 21.4. The monoisotopic (exact) mass is 514 g/mol. The van der Waals surface area contributed by atoms with Crippen LogP contribution in [-0.2, 0) is 12.8 Å². The molecule has 0 bridgehead atoms. The summed E-state index contributed by atoms with van der Waals surface area (Å²) in [6, 6.07) is 24.2. The molecule has 4 rings (SSSR count). The summed E-state index contributed by atoms with van der Waals surface area (Å²) in [5, 5.41) is 0. The maximum atomic E-state index is 14.9. The van der Waals surface area contributed by atoms with Gasteiger partial charge in [0, 0.05) is 17.7 Å². The average molecular weight is 515 g/mol. The van der Waals surface area contributed by atoms with Crippen LogP contribution in [0.4, 0.5) is 13.2 Å². The molecule has 0 aromatic heterocycles. The molecule has 0 aliphatic carbocycles. The van der Waals surface area contributed by atoms with E-state index in [1.807, 2.05) is 49.4 Å². The van der Waals surface area contributed by atoms with Crippen molar-refractivity contribution in [3.8, 4) is 16.9 Å². The smallest absolute Gasteiger partial charge is 0.346 e. The van der Waals surface area contributed by atoms with E-state index >= 15 is 0 Å². The minimum Gasteiger partial charge on any atom is -0.423 e. The third-order valence-electron chi connectivity index (χ3n) is 6.51. The summed E-state index contributed by atoms with van der Waals surface area (Å²) in [6.45, 7) is 4.00. The topological polar surface area (TPSA) is 26.3 Å². The van der Waals surface area contributed by atoms with Crippen LogP contribution in [-0.4, -0.2) is 5.97 Å². The predicted molar refractivity (Wildman–Crippen MR) is 145 cm³/mol. The summed E-state index contributed by atoms with van der Waals surface area (Å²) in [6.07, 6.45) is 5.14. The molecule has 194 valence electrons. The van der Waals surface area contributed by atoms with Crippen molar-refractivity contribution in [1.29, 1.82) is 0 Å². The van der Waals surface area contributed by atoms with Crippen LogP contribution in [0.5, 0.6) is 5.75 Å². The highest BCUT2D eigenvalue weighted by molar-refractivity contribution is 5.92. The molecule has 0 aliphatic rings. The second kappa shape index (κ2) is 12.4. The molecule has 4 aromatic carbocycles. The van der Waals surface area contributed by atoms with E-state index in [1.165, 1.54) is 17.7 Å². The highest BCUT2D eigenvalue weighted by Crippen LogP contribution is 2.27. The van der Waals surface area contributed by atoms with Gasteiger partial charge in [0.1, 0.15) is 23.2 Å². The van der Waals surface area contributed by atoms with E-state index in [2.05, 4.69) is 19.1 Å². The van der Waals surface area contributed by atoms with E-state index < -0.39 is 23.4 Å². The maximum Gasteiger partial charge on any atom is 0.346 e. The summed E-state index contributed by atoms with van der Waals surface area (Å²) in [5.41, 5.74) is 3.44. The summed E-state index contributed by atoms with van der Waals surface area (Å²) in [4.78, 5) is 12.5. The van der Waals surface area contributed by atoms with Crippen molar-refractivity contribution in [2.24, 2.45) is 0 Å². The first-order chi connectivity index (χ1) is 18.4. The first kappa shape index (κ1) is 26.9. The van der Waals surface area contributed by atoms with Crippen LogP contribution in [0, 0.1) is 17.5 Å². The molecule has 4 aromatic rings. The summed E-state index contributed by atoms with van der Waals surface area (Å²) in [5.74, 6) is -3.38. The molecule has 0 unspecified atom stereocenters. The quantitative estimate of drug-likeness (QED) is 0.127. The second-order valence-corrected chi connectivity index (χ2v) is 9.27. The normalized spacial score (nSPS) is 12.0. The van der Waals surface area contributed by atoms with Crippen molar-refractivity contribution in [2.75, 3.05) is 0 Å². The molecule has 0 saturated heterocycles. The Kier molecular flexibility index (Phi) is 8.80. The number of benzene rings is 4. The van der Waals surface area contributed by atoms with Gasteiger partial charge in [-0.05, 0) is 66.5 Å². The van der Waals surface area contributed by atoms with Gasteiger partial charge in [0.25, 0.3) is 0 Å². The molecular weight excluding hydrogens is 485 g/mol. The van der Waals surface area contributed by atoms with Crippen molar-refractivity contribution in [3.05, 3.63) is 137 Å². The molecule has 0 N–H and O–H groups in total. The number of ether oxygens (including phenoxy) is 1. The molecular formula is C33H29F3O2. The van der Waals surface area contributed by atoms with Gasteiger partial charge in [-0.3, -0.25) is 0 Å². The molecule has 38 heavy (non-hydrogen) atoms. The van der Waals surface area contributed by atoms with Crippen molar-refractivity contribution in [2.45, 2.75) is 39.0 Å². The number of rotatable bonds is 9. The van der Waals surface area contributed by atoms with Crippen LogP contribution in [0.25, 0.3) is 11.1 Å². The molecule has 0 radical (unpaired) electrons. The lowest BCUT2D eigenvalue weighted by Crippen LogP contribution is -2.11. The summed E-state index contributed by atoms with van der Waals surface area (Å²) < 4.78 is 48.7. The van der Waals surface area contributed by atoms with Gasteiger partial charge >= 0.3 is 5.97 Å². The number of esters is 1. The Labute approximate surface area is 221 Å². The molecule has 0 saturated carbocycles. The second-order valence-electron chi connectivity index (χ2n) is 9.27. The lowest BCUT2D eigenvalue weighted by molar-refractivity contribution is 0.0729. The molecule has 0 fully saturated rings. The van der Waals surface area contributed by atoms with Gasteiger partial charge in [0.15, 0.2) is 0 Å². The van der Waals surface area contributed by atoms with Crippen LogP contribution in [0.3, 0.4) is 0 Å². The van der Waals surface area contributed by atoms with Crippen molar-refractivity contribution in [1.82, 2.24) is 0 Å². The van der Waals surface area contributed by atoms with Crippen LogP contribution in [0.15, 0.2) is 97.1 Å². The minimum absolute atomic E-state index is 0.0843. The number of carbonyl (C=O) groups excluding carboxylic acids is 1. The highest BCUT2D eigenvalue weighted by atomic mass is 19.1. The third-order valence-corrected chi connectivity index (χ3v) is 6.51. The van der Waals surface area contributed by atoms with Gasteiger partial charge in [-0.2, -0.15) is 0 Å². The Morgan fingerprint density at radius 1 is 0.842 bits per heavy atom. The molecule has 0 aliphatic heterocycles. The van der Waals surface area contributed by atoms with Gasteiger partial charge in [-0.25, -0.2) is 18.0 Å². The van der Waals surface area contributed by atoms with Gasteiger partial charge < -0.3 is 4.74 Å². The van der Waals surface area contributed by atoms with E-state index in [0.29, 0.717) is 17.9 Å². The van der Waals surface area contributed by atoms with Crippen LogP contribution >= 0.6 is 0 Å². The Hall–Kier alpha value is -4.12. The van der Waals surface area contributed by atoms with E-state index in [-0.39, 0.29) is 23.3 Å². The molecule has 0 amide bonds. The van der Waals surface area contributed by atoms with Crippen molar-refractivity contribution in [3.63, 3.8) is 0 Å². The van der Waals surface area contributed by atoms with Gasteiger partial charge in [0.05, 0.1) is 5.56 Å². The number of hydrogen-bond acceptors (Lipinski definition) is 2.